The Morgan fingerprint density at radius 3 is 2.46 bits per heavy atom. The van der Waals surface area contributed by atoms with E-state index in [0.29, 0.717) is 17.0 Å². The van der Waals surface area contributed by atoms with Crippen molar-refractivity contribution in [3.8, 4) is 22.4 Å². The van der Waals surface area contributed by atoms with Gasteiger partial charge in [-0.3, -0.25) is 9.29 Å². The maximum atomic E-state index is 13.7. The highest BCUT2D eigenvalue weighted by atomic mass is 32.2. The SMILES string of the molecule is CC.CN(SF)c1c(CO)c(C2CCSCC2)nc2c(-c3ccc(-c4ccccc4)nc3)cnn12. The lowest BCUT2D eigenvalue weighted by Crippen LogP contribution is -2.19. The summed E-state index contributed by atoms with van der Waals surface area (Å²) in [6.07, 6.45) is 5.54. The van der Waals surface area contributed by atoms with Crippen LogP contribution in [0.4, 0.5) is 9.70 Å². The van der Waals surface area contributed by atoms with E-state index < -0.39 is 0 Å². The van der Waals surface area contributed by atoms with Gasteiger partial charge in [-0.2, -0.15) is 21.4 Å². The highest BCUT2D eigenvalue weighted by Crippen LogP contribution is 2.39. The Balaban J connectivity index is 0.00000141. The number of nitrogens with zero attached hydrogens (tertiary/aromatic N) is 5. The molecular weight excluding hydrogens is 481 g/mol. The number of hydrogen-bond donors (Lipinski definition) is 1. The number of hydrogen-bond acceptors (Lipinski definition) is 7. The van der Waals surface area contributed by atoms with Crippen LogP contribution in [0.2, 0.25) is 0 Å². The Labute approximate surface area is 214 Å². The molecule has 184 valence electrons. The second-order valence-corrected chi connectivity index (χ2v) is 9.91. The van der Waals surface area contributed by atoms with Crippen molar-refractivity contribution in [2.75, 3.05) is 22.9 Å². The molecule has 0 unspecified atom stereocenters. The smallest absolute Gasteiger partial charge is 0.166 e. The van der Waals surface area contributed by atoms with Gasteiger partial charge < -0.3 is 5.11 Å². The summed E-state index contributed by atoms with van der Waals surface area (Å²) in [4.78, 5) is 9.66. The van der Waals surface area contributed by atoms with E-state index in [0.717, 1.165) is 52.4 Å². The number of fused-ring (bicyclic) bond motifs is 1. The minimum absolute atomic E-state index is 0.0994. The molecule has 4 aromatic rings. The number of thioether (sulfide) groups is 1. The topological polar surface area (TPSA) is 66.5 Å². The molecule has 1 aliphatic rings. The maximum absolute atomic E-state index is 13.7. The zero-order chi connectivity index (χ0) is 24.8. The summed E-state index contributed by atoms with van der Waals surface area (Å²) in [5.74, 6) is 2.87. The summed E-state index contributed by atoms with van der Waals surface area (Å²) in [5.41, 5.74) is 5.79. The van der Waals surface area contributed by atoms with Crippen molar-refractivity contribution < 1.29 is 8.99 Å². The highest BCUT2D eigenvalue weighted by Gasteiger charge is 2.27. The van der Waals surface area contributed by atoms with Gasteiger partial charge in [0.1, 0.15) is 0 Å². The van der Waals surface area contributed by atoms with Gasteiger partial charge in [-0.25, -0.2) is 4.98 Å². The molecule has 4 heterocycles. The maximum Gasteiger partial charge on any atom is 0.166 e. The van der Waals surface area contributed by atoms with Crippen LogP contribution >= 0.6 is 24.1 Å². The number of aromatic nitrogens is 4. The monoisotopic (exact) mass is 511 g/mol. The first-order chi connectivity index (χ1) is 17.2. The largest absolute Gasteiger partial charge is 0.391 e. The van der Waals surface area contributed by atoms with Gasteiger partial charge in [-0.15, -0.1) is 3.89 Å². The van der Waals surface area contributed by atoms with Crippen LogP contribution in [0.1, 0.15) is 43.9 Å². The normalized spacial score (nSPS) is 14.0. The Morgan fingerprint density at radius 2 is 1.83 bits per heavy atom. The number of halogens is 1. The summed E-state index contributed by atoms with van der Waals surface area (Å²) in [6, 6.07) is 14.0. The average Bonchev–Trinajstić information content (AvgIpc) is 3.37. The number of aliphatic hydroxyl groups is 1. The van der Waals surface area contributed by atoms with Crippen molar-refractivity contribution in [1.29, 1.82) is 0 Å². The van der Waals surface area contributed by atoms with Crippen LogP contribution in [0.15, 0.2) is 54.9 Å². The van der Waals surface area contributed by atoms with Crippen LogP contribution in [-0.4, -0.2) is 43.2 Å². The Bertz CT molecular complexity index is 1240. The van der Waals surface area contributed by atoms with Crippen molar-refractivity contribution in [3.63, 3.8) is 0 Å². The first kappa shape index (κ1) is 25.5. The fourth-order valence-corrected chi connectivity index (χ4v) is 5.74. The van der Waals surface area contributed by atoms with Crippen LogP contribution in [0.25, 0.3) is 28.0 Å². The molecule has 5 rings (SSSR count). The van der Waals surface area contributed by atoms with Gasteiger partial charge in [0.2, 0.25) is 0 Å². The molecule has 0 bridgehead atoms. The van der Waals surface area contributed by atoms with E-state index in [4.69, 9.17) is 4.98 Å². The molecule has 3 aromatic heterocycles. The molecule has 0 amide bonds. The summed E-state index contributed by atoms with van der Waals surface area (Å²) < 4.78 is 16.7. The van der Waals surface area contributed by atoms with Gasteiger partial charge >= 0.3 is 0 Å². The number of aliphatic hydroxyl groups excluding tert-OH is 1. The van der Waals surface area contributed by atoms with Gasteiger partial charge in [0.15, 0.2) is 23.8 Å². The number of rotatable bonds is 6. The second kappa shape index (κ2) is 11.9. The molecule has 0 saturated carbocycles. The lowest BCUT2D eigenvalue weighted by atomic mass is 9.94. The van der Waals surface area contributed by atoms with Gasteiger partial charge in [0.25, 0.3) is 0 Å². The molecule has 0 atom stereocenters. The highest BCUT2D eigenvalue weighted by molar-refractivity contribution is 7.99. The average molecular weight is 512 g/mol. The van der Waals surface area contributed by atoms with E-state index in [2.05, 4.69) is 10.1 Å². The van der Waals surface area contributed by atoms with E-state index in [1.165, 1.54) is 4.31 Å². The predicted molar refractivity (Wildman–Crippen MR) is 145 cm³/mol. The van der Waals surface area contributed by atoms with E-state index >= 15 is 0 Å². The summed E-state index contributed by atoms with van der Waals surface area (Å²) in [7, 11) is 1.64. The van der Waals surface area contributed by atoms with Gasteiger partial charge in [-0.1, -0.05) is 50.2 Å². The lowest BCUT2D eigenvalue weighted by molar-refractivity contribution is 0.278. The van der Waals surface area contributed by atoms with Crippen LogP contribution in [-0.2, 0) is 6.61 Å². The summed E-state index contributed by atoms with van der Waals surface area (Å²) in [6.45, 7) is 3.78. The van der Waals surface area contributed by atoms with E-state index in [1.54, 1.807) is 17.8 Å². The molecular formula is C26H30FN5OS2. The Morgan fingerprint density at radius 1 is 1.09 bits per heavy atom. The Kier molecular flexibility index (Phi) is 8.64. The summed E-state index contributed by atoms with van der Waals surface area (Å²) in [5, 5.41) is 14.8. The van der Waals surface area contributed by atoms with Crippen LogP contribution < -0.4 is 4.31 Å². The summed E-state index contributed by atoms with van der Waals surface area (Å²) >= 11 is 2.04. The molecule has 1 aliphatic heterocycles. The van der Waals surface area contributed by atoms with Crippen molar-refractivity contribution >= 4 is 35.6 Å². The van der Waals surface area contributed by atoms with E-state index in [1.807, 2.05) is 74.3 Å². The van der Waals surface area contributed by atoms with Gasteiger partial charge in [0, 0.05) is 41.4 Å². The quantitative estimate of drug-likeness (QED) is 0.294. The Hall–Kier alpha value is -2.62. The third-order valence-corrected chi connectivity index (χ3v) is 7.49. The van der Waals surface area contributed by atoms with E-state index in [9.17, 15) is 8.99 Å². The molecule has 1 N–H and O–H groups in total. The first-order valence-electron chi connectivity index (χ1n) is 11.8. The molecule has 0 spiro atoms. The van der Waals surface area contributed by atoms with Gasteiger partial charge in [-0.05, 0) is 30.4 Å². The minimum atomic E-state index is -0.218. The van der Waals surface area contributed by atoms with Crippen molar-refractivity contribution in [2.24, 2.45) is 0 Å². The second-order valence-electron chi connectivity index (χ2n) is 8.00. The fraction of sp³-hybridized carbons (Fsp3) is 0.346. The number of benzene rings is 1. The van der Waals surface area contributed by atoms with E-state index in [-0.39, 0.29) is 24.9 Å². The molecule has 6 nitrogen and oxygen atoms in total. The number of anilines is 1. The minimum Gasteiger partial charge on any atom is -0.391 e. The first-order valence-corrected chi connectivity index (χ1v) is 13.7. The zero-order valence-electron chi connectivity index (χ0n) is 20.2. The lowest BCUT2D eigenvalue weighted by Gasteiger charge is -2.26. The van der Waals surface area contributed by atoms with Gasteiger partial charge in [0.05, 0.1) is 24.2 Å². The third kappa shape index (κ3) is 5.17. The van der Waals surface area contributed by atoms with Crippen molar-refractivity contribution in [3.05, 3.63) is 66.1 Å². The molecule has 35 heavy (non-hydrogen) atoms. The zero-order valence-corrected chi connectivity index (χ0v) is 21.8. The molecule has 0 radical (unpaired) electrons. The predicted octanol–water partition coefficient (Wildman–Crippen LogP) is 6.56. The molecule has 9 heteroatoms. The molecule has 1 aromatic carbocycles. The molecule has 1 saturated heterocycles. The van der Waals surface area contributed by atoms with Crippen molar-refractivity contribution in [2.45, 2.75) is 39.2 Å². The van der Waals surface area contributed by atoms with Crippen LogP contribution in [0, 0.1) is 0 Å². The number of pyridine rings is 1. The van der Waals surface area contributed by atoms with Crippen LogP contribution in [0.3, 0.4) is 0 Å². The van der Waals surface area contributed by atoms with Crippen molar-refractivity contribution in [1.82, 2.24) is 19.6 Å². The fourth-order valence-electron chi connectivity index (χ4n) is 4.38. The third-order valence-electron chi connectivity index (χ3n) is 6.06. The molecule has 0 aliphatic carbocycles. The van der Waals surface area contributed by atoms with Crippen LogP contribution in [0.5, 0.6) is 0 Å². The molecule has 1 fully saturated rings. The standard InChI is InChI=1S/C24H24FN5OS2.C2H6/c1-29(33-25)24-20(15-31)22(17-9-11-32-12-10-17)28-23-19(14-27-30(23)24)18-7-8-21(26-13-18)16-5-3-2-4-6-16;1-2/h2-8,13-14,17,31H,9-12,15H2,1H3;1-2H3.